The predicted octanol–water partition coefficient (Wildman–Crippen LogP) is 8.47. The monoisotopic (exact) mass is 874 g/mol. The average molecular weight is 875 g/mol. The van der Waals surface area contributed by atoms with E-state index in [-0.39, 0.29) is 35.5 Å². The molecular formula is C46H48F2N10O6. The number of carbonyl (C=O) groups is 2. The van der Waals surface area contributed by atoms with Crippen LogP contribution in [0.2, 0.25) is 0 Å². The maximum absolute atomic E-state index is 14.6. The van der Waals surface area contributed by atoms with Gasteiger partial charge in [0.1, 0.15) is 47.3 Å². The molecular weight excluding hydrogens is 827 g/mol. The minimum Gasteiger partial charge on any atom is -0.310 e. The summed E-state index contributed by atoms with van der Waals surface area (Å²) in [5.41, 5.74) is 5.20. The average Bonchev–Trinajstić information content (AvgIpc) is 4.13. The molecule has 2 aliphatic carbocycles. The maximum atomic E-state index is 14.6. The Balaban J connectivity index is 0.000000215. The standard InChI is InChI=1S/C23H26FN5O.C21H22FN5O.2CO2/c1-5-15-10-17(15)16-11-18(19(24)9-14(16)4)23(30)27-21-8-6-7-20(26-21)22-28-25-12-29(22)13(2)3;1-12(2)27-11-23-26-20(27)18-5-4-6-19(24-18)25-21(28)16-10-15(14-7-8-14)13(3)9-17(16)22;2*2-1-3/h6-9,11-13,15,17H,5,10H2,1-4H3,(H,26,27,30);4-6,9-12,14H,7-8H2,1-3H3,(H,24,25,28);;. The molecule has 0 bridgehead atoms. The number of hydrogen-bond donors (Lipinski definition) is 2. The zero-order valence-electron chi connectivity index (χ0n) is 36.4. The lowest BCUT2D eigenvalue weighted by atomic mass is 9.98. The zero-order valence-corrected chi connectivity index (χ0v) is 36.4. The van der Waals surface area contributed by atoms with Crippen LogP contribution in [-0.4, -0.2) is 63.6 Å². The van der Waals surface area contributed by atoms with E-state index in [9.17, 15) is 18.4 Å². The summed E-state index contributed by atoms with van der Waals surface area (Å²) in [6.07, 6.45) is 8.18. The molecule has 0 spiro atoms. The highest BCUT2D eigenvalue weighted by Gasteiger charge is 2.38. The molecule has 332 valence electrons. The molecule has 6 aromatic rings. The first-order valence-corrected chi connectivity index (χ1v) is 20.6. The SMILES string of the molecule is CCC1CC1c1cc(C(=O)Nc2cccc(-c3nncn3C(C)C)n2)c(F)cc1C.Cc1cc(F)c(C(=O)Nc2cccc(-c3nncn3C(C)C)n2)cc1C1CC1.O=C=O.O=C=O. The van der Waals surface area contributed by atoms with Crippen LogP contribution in [0.25, 0.3) is 23.0 Å². The molecule has 2 fully saturated rings. The van der Waals surface area contributed by atoms with Gasteiger partial charge >= 0.3 is 12.3 Å². The highest BCUT2D eigenvalue weighted by molar-refractivity contribution is 6.05. The van der Waals surface area contributed by atoms with E-state index < -0.39 is 23.4 Å². The molecule has 2 unspecified atom stereocenters. The van der Waals surface area contributed by atoms with Crippen LogP contribution in [0.4, 0.5) is 20.4 Å². The minimum atomic E-state index is -0.518. The van der Waals surface area contributed by atoms with Crippen molar-refractivity contribution in [3.05, 3.63) is 118 Å². The molecule has 16 nitrogen and oxygen atoms in total. The summed E-state index contributed by atoms with van der Waals surface area (Å²) in [5, 5.41) is 21.6. The molecule has 64 heavy (non-hydrogen) atoms. The number of anilines is 2. The minimum absolute atomic E-state index is 0.0463. The Morgan fingerprint density at radius 3 is 1.52 bits per heavy atom. The lowest BCUT2D eigenvalue weighted by molar-refractivity contribution is -0.193. The summed E-state index contributed by atoms with van der Waals surface area (Å²) in [4.78, 5) is 67.0. The van der Waals surface area contributed by atoms with Gasteiger partial charge in [-0.15, -0.1) is 20.4 Å². The van der Waals surface area contributed by atoms with Crippen LogP contribution >= 0.6 is 0 Å². The third-order valence-electron chi connectivity index (χ3n) is 10.8. The molecule has 2 aliphatic rings. The second kappa shape index (κ2) is 21.6. The largest absolute Gasteiger partial charge is 0.373 e. The molecule has 0 radical (unpaired) electrons. The van der Waals surface area contributed by atoms with Gasteiger partial charge in [0.05, 0.1) is 11.1 Å². The predicted molar refractivity (Wildman–Crippen MR) is 229 cm³/mol. The Kier molecular flexibility index (Phi) is 16.1. The first-order valence-electron chi connectivity index (χ1n) is 20.6. The van der Waals surface area contributed by atoms with E-state index in [1.54, 1.807) is 61.2 Å². The van der Waals surface area contributed by atoms with E-state index in [1.165, 1.54) is 12.1 Å². The number of aryl methyl sites for hydroxylation is 2. The van der Waals surface area contributed by atoms with Gasteiger partial charge in [-0.25, -0.2) is 18.7 Å². The molecule has 2 amide bonds. The highest BCUT2D eigenvalue weighted by atomic mass is 19.1. The molecule has 2 saturated carbocycles. The molecule has 2 atom stereocenters. The fourth-order valence-corrected chi connectivity index (χ4v) is 7.27. The number of pyridine rings is 2. The van der Waals surface area contributed by atoms with Crippen LogP contribution in [-0.2, 0) is 19.2 Å². The second-order valence-corrected chi connectivity index (χ2v) is 15.9. The number of amides is 2. The van der Waals surface area contributed by atoms with Crippen molar-refractivity contribution in [3.8, 4) is 23.0 Å². The third-order valence-corrected chi connectivity index (χ3v) is 10.8. The van der Waals surface area contributed by atoms with Gasteiger partial charge in [-0.05, 0) is 149 Å². The van der Waals surface area contributed by atoms with Crippen LogP contribution in [0.3, 0.4) is 0 Å². The van der Waals surface area contributed by atoms with Crippen molar-refractivity contribution in [2.24, 2.45) is 5.92 Å². The fourth-order valence-electron chi connectivity index (χ4n) is 7.27. The van der Waals surface area contributed by atoms with E-state index >= 15 is 0 Å². The molecule has 18 heteroatoms. The Morgan fingerprint density at radius 2 is 1.12 bits per heavy atom. The first-order chi connectivity index (χ1) is 30.6. The van der Waals surface area contributed by atoms with Gasteiger partial charge in [0.15, 0.2) is 11.6 Å². The van der Waals surface area contributed by atoms with Crippen LogP contribution < -0.4 is 10.6 Å². The van der Waals surface area contributed by atoms with Crippen LogP contribution in [0, 0.1) is 31.4 Å². The fraction of sp³-hybridized carbons (Fsp3) is 0.348. The quantitative estimate of drug-likeness (QED) is 0.125. The Hall–Kier alpha value is -7.42. The highest BCUT2D eigenvalue weighted by Crippen LogP contribution is 2.50. The topological polar surface area (TPSA) is 214 Å². The van der Waals surface area contributed by atoms with Crippen molar-refractivity contribution in [2.75, 3.05) is 10.6 Å². The Labute approximate surface area is 368 Å². The summed E-state index contributed by atoms with van der Waals surface area (Å²) >= 11 is 0. The third kappa shape index (κ3) is 11.7. The van der Waals surface area contributed by atoms with Gasteiger partial charge in [-0.2, -0.15) is 19.2 Å². The lowest BCUT2D eigenvalue weighted by Gasteiger charge is -2.12. The van der Waals surface area contributed by atoms with Crippen molar-refractivity contribution >= 4 is 35.8 Å². The summed E-state index contributed by atoms with van der Waals surface area (Å²) in [5.74, 6) is 1.36. The van der Waals surface area contributed by atoms with Gasteiger partial charge < -0.3 is 19.8 Å². The number of carbonyl (C=O) groups excluding carboxylic acids is 6. The number of rotatable bonds is 11. The van der Waals surface area contributed by atoms with E-state index in [0.29, 0.717) is 52.4 Å². The number of halogens is 2. The van der Waals surface area contributed by atoms with Crippen molar-refractivity contribution in [1.29, 1.82) is 0 Å². The maximum Gasteiger partial charge on any atom is 0.373 e. The van der Waals surface area contributed by atoms with Gasteiger partial charge in [-0.1, -0.05) is 25.5 Å². The summed E-state index contributed by atoms with van der Waals surface area (Å²) in [6.45, 7) is 14.1. The van der Waals surface area contributed by atoms with Gasteiger partial charge in [-0.3, -0.25) is 9.59 Å². The molecule has 2 aromatic carbocycles. The van der Waals surface area contributed by atoms with E-state index in [1.807, 2.05) is 50.7 Å². The normalized spacial score (nSPS) is 14.7. The zero-order chi connectivity index (χ0) is 46.7. The van der Waals surface area contributed by atoms with Crippen molar-refractivity contribution in [3.63, 3.8) is 0 Å². The Morgan fingerprint density at radius 1 is 0.703 bits per heavy atom. The molecule has 2 N–H and O–H groups in total. The van der Waals surface area contributed by atoms with Crippen LogP contribution in [0.15, 0.2) is 73.3 Å². The van der Waals surface area contributed by atoms with E-state index in [0.717, 1.165) is 47.9 Å². The van der Waals surface area contributed by atoms with Crippen molar-refractivity contribution in [2.45, 2.75) is 98.1 Å². The van der Waals surface area contributed by atoms with E-state index in [2.05, 4.69) is 47.9 Å². The smallest absolute Gasteiger partial charge is 0.310 e. The Bertz CT molecular complexity index is 2670. The molecule has 8 rings (SSSR count). The molecule has 0 saturated heterocycles. The number of aromatic nitrogens is 8. The van der Waals surface area contributed by atoms with Crippen molar-refractivity contribution in [1.82, 2.24) is 39.5 Å². The van der Waals surface area contributed by atoms with Crippen LogP contribution in [0.5, 0.6) is 0 Å². The first kappa shape index (κ1) is 47.6. The van der Waals surface area contributed by atoms with Crippen LogP contribution in [0.1, 0.15) is 127 Å². The summed E-state index contributed by atoms with van der Waals surface area (Å²) in [7, 11) is 0. The van der Waals surface area contributed by atoms with Gasteiger partial charge in [0.2, 0.25) is 0 Å². The number of benzene rings is 2. The summed E-state index contributed by atoms with van der Waals surface area (Å²) in [6, 6.07) is 17.2. The number of hydrogen-bond acceptors (Lipinski definition) is 12. The molecule has 4 heterocycles. The molecule has 0 aliphatic heterocycles. The molecule has 4 aromatic heterocycles. The van der Waals surface area contributed by atoms with Crippen molar-refractivity contribution < 1.29 is 37.5 Å². The summed E-state index contributed by atoms with van der Waals surface area (Å²) < 4.78 is 32.8. The van der Waals surface area contributed by atoms with Gasteiger partial charge in [0, 0.05) is 12.1 Å². The number of nitrogens with one attached hydrogen (secondary N) is 2. The lowest BCUT2D eigenvalue weighted by Crippen LogP contribution is -2.16. The van der Waals surface area contributed by atoms with Gasteiger partial charge in [0.25, 0.3) is 11.8 Å². The van der Waals surface area contributed by atoms with E-state index in [4.69, 9.17) is 19.2 Å². The number of nitrogens with zero attached hydrogens (tertiary/aromatic N) is 8. The second-order valence-electron chi connectivity index (χ2n) is 15.9.